The number of esters is 2. The molecule has 0 bridgehead atoms. The van der Waals surface area contributed by atoms with E-state index in [1.165, 1.54) is 0 Å². The van der Waals surface area contributed by atoms with Crippen LogP contribution in [0.5, 0.6) is 34.5 Å². The molecule has 0 N–H and O–H groups in total. The average Bonchev–Trinajstić information content (AvgIpc) is 3.23. The summed E-state index contributed by atoms with van der Waals surface area (Å²) in [6.45, 7) is 0. The third kappa shape index (κ3) is 5.16. The van der Waals surface area contributed by atoms with Gasteiger partial charge in [0.1, 0.15) is 34.5 Å². The summed E-state index contributed by atoms with van der Waals surface area (Å²) in [5, 5.41) is 0. The van der Waals surface area contributed by atoms with E-state index in [1.54, 1.807) is 111 Å². The summed E-state index contributed by atoms with van der Waals surface area (Å²) in [5.41, 5.74) is 1.49. The van der Waals surface area contributed by atoms with Crippen molar-refractivity contribution in [1.29, 1.82) is 0 Å². The Balaban J connectivity index is 1.37. The molecule has 37 heavy (non-hydrogen) atoms. The van der Waals surface area contributed by atoms with Crippen LogP contribution in [0.4, 0.5) is 0 Å². The van der Waals surface area contributed by atoms with Crippen LogP contribution in [0.15, 0.2) is 97.1 Å². The van der Waals surface area contributed by atoms with E-state index in [0.717, 1.165) is 11.5 Å². The molecule has 0 fully saturated rings. The molecule has 0 aromatic heterocycles. The smallest absolute Gasteiger partial charge is 0.347 e. The monoisotopic (exact) mass is 494 g/mol. The summed E-state index contributed by atoms with van der Waals surface area (Å²) in [6.07, 6.45) is 0. The zero-order valence-corrected chi connectivity index (χ0v) is 20.1. The van der Waals surface area contributed by atoms with Crippen LogP contribution >= 0.6 is 0 Å². The van der Waals surface area contributed by atoms with E-state index in [4.69, 9.17) is 23.7 Å². The molecular formula is C30H22O7. The molecule has 1 heterocycles. The first-order chi connectivity index (χ1) is 18.0. The van der Waals surface area contributed by atoms with Gasteiger partial charge in [0.05, 0.1) is 25.4 Å². The highest BCUT2D eigenvalue weighted by Crippen LogP contribution is 2.36. The zero-order chi connectivity index (χ0) is 25.8. The molecule has 0 spiro atoms. The van der Waals surface area contributed by atoms with Crippen LogP contribution < -0.4 is 18.9 Å². The summed E-state index contributed by atoms with van der Waals surface area (Å²) in [4.78, 5) is 25.2. The van der Waals surface area contributed by atoms with Gasteiger partial charge >= 0.3 is 11.9 Å². The van der Waals surface area contributed by atoms with Crippen LogP contribution in [0.2, 0.25) is 0 Å². The maximum atomic E-state index is 12.6. The number of cyclic esters (lactones) is 2. The lowest BCUT2D eigenvalue weighted by molar-refractivity contribution is -0.149. The fraction of sp³-hybridized carbons (Fsp3) is 0.0667. The van der Waals surface area contributed by atoms with Crippen molar-refractivity contribution < 1.29 is 33.3 Å². The van der Waals surface area contributed by atoms with Crippen molar-refractivity contribution in [3.05, 3.63) is 108 Å². The molecular weight excluding hydrogens is 472 g/mol. The maximum absolute atomic E-state index is 12.6. The second-order valence-electron chi connectivity index (χ2n) is 8.03. The van der Waals surface area contributed by atoms with Gasteiger partial charge in [-0.1, -0.05) is 24.3 Å². The molecule has 4 aromatic carbocycles. The highest BCUT2D eigenvalue weighted by molar-refractivity contribution is 6.44. The first kappa shape index (κ1) is 23.7. The van der Waals surface area contributed by atoms with Crippen LogP contribution in [-0.2, 0) is 14.3 Å². The number of methoxy groups -OCH3 is 2. The van der Waals surface area contributed by atoms with Crippen molar-refractivity contribution >= 4 is 23.1 Å². The summed E-state index contributed by atoms with van der Waals surface area (Å²) in [5.74, 6) is 2.51. The van der Waals surface area contributed by atoms with Crippen LogP contribution in [0.1, 0.15) is 11.1 Å². The van der Waals surface area contributed by atoms with E-state index in [-0.39, 0.29) is 11.1 Å². The fourth-order valence-electron chi connectivity index (χ4n) is 3.85. The normalized spacial score (nSPS) is 12.8. The van der Waals surface area contributed by atoms with Gasteiger partial charge in [0.15, 0.2) is 0 Å². The van der Waals surface area contributed by atoms with E-state index in [1.807, 2.05) is 0 Å². The van der Waals surface area contributed by atoms with Gasteiger partial charge in [-0.15, -0.1) is 0 Å². The predicted molar refractivity (Wildman–Crippen MR) is 137 cm³/mol. The largest absolute Gasteiger partial charge is 0.497 e. The molecule has 1 aliphatic rings. The summed E-state index contributed by atoms with van der Waals surface area (Å²) >= 11 is 0. The molecule has 0 unspecified atom stereocenters. The Morgan fingerprint density at radius 3 is 1.00 bits per heavy atom. The molecule has 0 saturated heterocycles. The Morgan fingerprint density at radius 1 is 0.432 bits per heavy atom. The Labute approximate surface area is 213 Å². The van der Waals surface area contributed by atoms with Crippen molar-refractivity contribution in [1.82, 2.24) is 0 Å². The van der Waals surface area contributed by atoms with Gasteiger partial charge in [0, 0.05) is 0 Å². The predicted octanol–water partition coefficient (Wildman–Crippen LogP) is 6.28. The Hall–Kier alpha value is -5.04. The molecule has 0 radical (unpaired) electrons. The van der Waals surface area contributed by atoms with Crippen molar-refractivity contribution in [3.8, 4) is 34.5 Å². The van der Waals surface area contributed by atoms with E-state index in [0.29, 0.717) is 34.1 Å². The number of carbonyl (C=O) groups excluding carboxylic acids is 2. The Morgan fingerprint density at radius 2 is 0.703 bits per heavy atom. The second kappa shape index (κ2) is 10.3. The number of rotatable bonds is 8. The topological polar surface area (TPSA) is 80.3 Å². The Kier molecular flexibility index (Phi) is 6.59. The lowest BCUT2D eigenvalue weighted by Crippen LogP contribution is -2.02. The average molecular weight is 494 g/mol. The number of carbonyl (C=O) groups is 2. The summed E-state index contributed by atoms with van der Waals surface area (Å²) < 4.78 is 27.0. The molecule has 7 nitrogen and oxygen atoms in total. The SMILES string of the molecule is COc1ccc(Oc2ccc(C3=C(c4ccc(Oc5ccc(OC)cc5)cc4)C(=O)OC3=O)cc2)cc1. The minimum Gasteiger partial charge on any atom is -0.497 e. The minimum absolute atomic E-state index is 0.199. The second-order valence-corrected chi connectivity index (χ2v) is 8.03. The van der Waals surface area contributed by atoms with Gasteiger partial charge in [0.2, 0.25) is 0 Å². The van der Waals surface area contributed by atoms with Gasteiger partial charge in [0.25, 0.3) is 0 Å². The molecule has 184 valence electrons. The van der Waals surface area contributed by atoms with Crippen molar-refractivity contribution in [3.63, 3.8) is 0 Å². The van der Waals surface area contributed by atoms with Crippen LogP contribution in [0, 0.1) is 0 Å². The van der Waals surface area contributed by atoms with Crippen molar-refractivity contribution in [2.45, 2.75) is 0 Å². The first-order valence-corrected chi connectivity index (χ1v) is 11.4. The number of hydrogen-bond acceptors (Lipinski definition) is 7. The number of hydrogen-bond donors (Lipinski definition) is 0. The van der Waals surface area contributed by atoms with E-state index < -0.39 is 11.9 Å². The molecule has 7 heteroatoms. The zero-order valence-electron chi connectivity index (χ0n) is 20.1. The fourth-order valence-corrected chi connectivity index (χ4v) is 3.85. The van der Waals surface area contributed by atoms with Crippen molar-refractivity contribution in [2.24, 2.45) is 0 Å². The molecule has 0 aliphatic carbocycles. The summed E-state index contributed by atoms with van der Waals surface area (Å²) in [7, 11) is 3.20. The van der Waals surface area contributed by atoms with Crippen LogP contribution in [-0.4, -0.2) is 26.2 Å². The van der Waals surface area contributed by atoms with Gasteiger partial charge in [-0.3, -0.25) is 0 Å². The first-order valence-electron chi connectivity index (χ1n) is 11.4. The third-order valence-electron chi connectivity index (χ3n) is 5.72. The molecule has 0 atom stereocenters. The molecule has 1 aliphatic heterocycles. The number of benzene rings is 4. The third-order valence-corrected chi connectivity index (χ3v) is 5.72. The van der Waals surface area contributed by atoms with Crippen LogP contribution in [0.3, 0.4) is 0 Å². The standard InChI is InChI=1S/C30H22O7/c1-33-21-11-15-25(16-12-21)35-23-7-3-19(4-8-23)27-28(30(32)37-29(27)31)20-5-9-24(10-6-20)36-26-17-13-22(34-2)14-18-26/h3-18H,1-2H3. The van der Waals surface area contributed by atoms with Gasteiger partial charge in [-0.2, -0.15) is 0 Å². The minimum atomic E-state index is -0.692. The molecule has 0 amide bonds. The van der Waals surface area contributed by atoms with Gasteiger partial charge in [-0.05, 0) is 83.9 Å². The lowest BCUT2D eigenvalue weighted by atomic mass is 9.96. The van der Waals surface area contributed by atoms with E-state index in [2.05, 4.69) is 0 Å². The van der Waals surface area contributed by atoms with Gasteiger partial charge in [-0.25, -0.2) is 9.59 Å². The maximum Gasteiger partial charge on any atom is 0.347 e. The molecule has 5 rings (SSSR count). The van der Waals surface area contributed by atoms with E-state index in [9.17, 15) is 9.59 Å². The van der Waals surface area contributed by atoms with E-state index >= 15 is 0 Å². The number of ether oxygens (including phenoxy) is 5. The highest BCUT2D eigenvalue weighted by atomic mass is 16.6. The lowest BCUT2D eigenvalue weighted by Gasteiger charge is -2.09. The molecule has 0 saturated carbocycles. The summed E-state index contributed by atoms with van der Waals surface area (Å²) in [6, 6.07) is 28.2. The van der Waals surface area contributed by atoms with Crippen molar-refractivity contribution in [2.75, 3.05) is 14.2 Å². The van der Waals surface area contributed by atoms with Gasteiger partial charge < -0.3 is 23.7 Å². The quantitative estimate of drug-likeness (QED) is 0.211. The highest BCUT2D eigenvalue weighted by Gasteiger charge is 2.34. The Bertz CT molecular complexity index is 1340. The van der Waals surface area contributed by atoms with Crippen LogP contribution in [0.25, 0.3) is 11.1 Å². The molecule has 4 aromatic rings.